The molecule has 0 aliphatic carbocycles. The molecule has 1 heterocycles. The van der Waals surface area contributed by atoms with Crippen LogP contribution >= 0.6 is 23.2 Å². The number of hydrogen-bond acceptors (Lipinski definition) is 8. The summed E-state index contributed by atoms with van der Waals surface area (Å²) in [4.78, 5) is 24.9. The lowest BCUT2D eigenvalue weighted by Crippen LogP contribution is -2.14. The number of aromatic nitrogens is 3. The molecule has 11 heteroatoms. The highest BCUT2D eigenvalue weighted by molar-refractivity contribution is 6.31. The molecule has 0 aliphatic heterocycles. The Hall–Kier alpha value is -4.86. The molecule has 0 fully saturated rings. The SMILES string of the molecule is O=C(Nc1ccc(Nc2nc(Cl)nc(Cl)n2)cc1O)c1ccc(OCc2ccccc2)cc1OCc1ccccc1. The van der Waals surface area contributed by atoms with Crippen molar-refractivity contribution in [2.45, 2.75) is 13.2 Å². The van der Waals surface area contributed by atoms with Crippen LogP contribution in [0.1, 0.15) is 21.5 Å². The Morgan fingerprint density at radius 3 is 2.02 bits per heavy atom. The van der Waals surface area contributed by atoms with Crippen LogP contribution in [0.15, 0.2) is 97.1 Å². The molecule has 4 aromatic carbocycles. The van der Waals surface area contributed by atoms with Crippen molar-refractivity contribution in [3.05, 3.63) is 124 Å². The van der Waals surface area contributed by atoms with Gasteiger partial charge in [0, 0.05) is 17.8 Å². The molecule has 5 aromatic rings. The van der Waals surface area contributed by atoms with E-state index in [1.54, 1.807) is 24.3 Å². The normalized spacial score (nSPS) is 10.6. The molecule has 0 bridgehead atoms. The van der Waals surface area contributed by atoms with Crippen molar-refractivity contribution in [2.24, 2.45) is 0 Å². The van der Waals surface area contributed by atoms with E-state index in [1.165, 1.54) is 12.1 Å². The first-order valence-corrected chi connectivity index (χ1v) is 13.1. The third kappa shape index (κ3) is 7.63. The summed E-state index contributed by atoms with van der Waals surface area (Å²) in [5.74, 6) is 0.309. The number of phenolic OH excluding ortho intramolecular Hbond substituents is 1. The van der Waals surface area contributed by atoms with Gasteiger partial charge in [0.1, 0.15) is 30.5 Å². The van der Waals surface area contributed by atoms with Crippen LogP contribution in [-0.2, 0) is 13.2 Å². The quantitative estimate of drug-likeness (QED) is 0.149. The van der Waals surface area contributed by atoms with Gasteiger partial charge in [0.15, 0.2) is 0 Å². The summed E-state index contributed by atoms with van der Waals surface area (Å²) in [7, 11) is 0. The van der Waals surface area contributed by atoms with Gasteiger partial charge >= 0.3 is 0 Å². The Labute approximate surface area is 245 Å². The van der Waals surface area contributed by atoms with Gasteiger partial charge in [0.05, 0.1) is 11.3 Å². The van der Waals surface area contributed by atoms with E-state index in [2.05, 4.69) is 25.6 Å². The number of nitrogens with one attached hydrogen (secondary N) is 2. The molecule has 0 unspecified atom stereocenters. The molecule has 1 aromatic heterocycles. The van der Waals surface area contributed by atoms with E-state index in [1.807, 2.05) is 60.7 Å². The Balaban J connectivity index is 1.33. The minimum atomic E-state index is -0.477. The Kier molecular flexibility index (Phi) is 8.78. The maximum atomic E-state index is 13.3. The molecule has 41 heavy (non-hydrogen) atoms. The van der Waals surface area contributed by atoms with Crippen molar-refractivity contribution in [3.8, 4) is 17.2 Å². The molecule has 5 rings (SSSR count). The van der Waals surface area contributed by atoms with Crippen LogP contribution in [-0.4, -0.2) is 26.0 Å². The molecular weight excluding hydrogens is 565 g/mol. The molecule has 3 N–H and O–H groups in total. The van der Waals surface area contributed by atoms with Crippen molar-refractivity contribution in [3.63, 3.8) is 0 Å². The van der Waals surface area contributed by atoms with Crippen molar-refractivity contribution in [1.82, 2.24) is 15.0 Å². The molecule has 0 atom stereocenters. The molecular formula is C30H23Cl2N5O4. The number of carbonyl (C=O) groups is 1. The number of nitrogens with zero attached hydrogens (tertiary/aromatic N) is 3. The van der Waals surface area contributed by atoms with E-state index >= 15 is 0 Å². The first-order chi connectivity index (χ1) is 19.9. The summed E-state index contributed by atoms with van der Waals surface area (Å²) in [5, 5.41) is 16.0. The number of hydrogen-bond donors (Lipinski definition) is 3. The zero-order chi connectivity index (χ0) is 28.6. The van der Waals surface area contributed by atoms with Gasteiger partial charge in [0.2, 0.25) is 16.5 Å². The highest BCUT2D eigenvalue weighted by atomic mass is 35.5. The van der Waals surface area contributed by atoms with Crippen LogP contribution in [0, 0.1) is 0 Å². The van der Waals surface area contributed by atoms with Crippen LogP contribution in [0.3, 0.4) is 0 Å². The average Bonchev–Trinajstić information content (AvgIpc) is 2.97. The lowest BCUT2D eigenvalue weighted by molar-refractivity contribution is 0.102. The minimum absolute atomic E-state index is 0.0811. The molecule has 9 nitrogen and oxygen atoms in total. The van der Waals surface area contributed by atoms with Crippen LogP contribution in [0.4, 0.5) is 17.3 Å². The van der Waals surface area contributed by atoms with Crippen LogP contribution in [0.2, 0.25) is 10.6 Å². The standard InChI is InChI=1S/C30H23Cl2N5O4/c31-28-35-29(32)37-30(36-28)33-21-11-14-24(25(38)15-21)34-27(39)23-13-12-22(40-17-19-7-3-1-4-8-19)16-26(23)41-18-20-9-5-2-6-10-20/h1-16,38H,17-18H2,(H,34,39)(H,33,35,36,37). The number of phenols is 1. The first kappa shape index (κ1) is 27.7. The fourth-order valence-corrected chi connectivity index (χ4v) is 4.15. The highest BCUT2D eigenvalue weighted by Gasteiger charge is 2.17. The molecule has 0 aliphatic rings. The largest absolute Gasteiger partial charge is 0.506 e. The topological polar surface area (TPSA) is 118 Å². The third-order valence-corrected chi connectivity index (χ3v) is 6.10. The molecule has 0 spiro atoms. The predicted molar refractivity (Wildman–Crippen MR) is 157 cm³/mol. The van der Waals surface area contributed by atoms with Gasteiger partial charge in [-0.1, -0.05) is 60.7 Å². The van der Waals surface area contributed by atoms with Gasteiger partial charge in [-0.05, 0) is 58.6 Å². The van der Waals surface area contributed by atoms with E-state index < -0.39 is 5.91 Å². The molecule has 0 saturated carbocycles. The number of carbonyl (C=O) groups excluding carboxylic acids is 1. The van der Waals surface area contributed by atoms with Crippen LogP contribution in [0.5, 0.6) is 17.2 Å². The second-order valence-corrected chi connectivity index (χ2v) is 9.39. The number of ether oxygens (including phenoxy) is 2. The highest BCUT2D eigenvalue weighted by Crippen LogP contribution is 2.31. The zero-order valence-electron chi connectivity index (χ0n) is 21.4. The number of aromatic hydroxyl groups is 1. The first-order valence-electron chi connectivity index (χ1n) is 12.4. The maximum absolute atomic E-state index is 13.3. The molecule has 1 amide bonds. The smallest absolute Gasteiger partial charge is 0.259 e. The number of amides is 1. The van der Waals surface area contributed by atoms with Crippen molar-refractivity contribution in [2.75, 3.05) is 10.6 Å². The third-order valence-electron chi connectivity index (χ3n) is 5.77. The number of halogens is 2. The fraction of sp³-hybridized carbons (Fsp3) is 0.0667. The zero-order valence-corrected chi connectivity index (χ0v) is 22.9. The van der Waals surface area contributed by atoms with Gasteiger partial charge in [-0.3, -0.25) is 4.79 Å². The summed E-state index contributed by atoms with van der Waals surface area (Å²) in [6.07, 6.45) is 0. The van der Waals surface area contributed by atoms with E-state index in [-0.39, 0.29) is 40.1 Å². The Morgan fingerprint density at radius 1 is 0.756 bits per heavy atom. The predicted octanol–water partition coefficient (Wildman–Crippen LogP) is 7.04. The van der Waals surface area contributed by atoms with Crippen molar-refractivity contribution >= 4 is 46.4 Å². The summed E-state index contributed by atoms with van der Waals surface area (Å²) in [6, 6.07) is 28.9. The van der Waals surface area contributed by atoms with Gasteiger partial charge in [0.25, 0.3) is 5.91 Å². The lowest BCUT2D eigenvalue weighted by Gasteiger charge is -2.15. The Morgan fingerprint density at radius 2 is 1.39 bits per heavy atom. The monoisotopic (exact) mass is 587 g/mol. The fourth-order valence-electron chi connectivity index (χ4n) is 3.79. The van der Waals surface area contributed by atoms with Gasteiger partial charge in [-0.15, -0.1) is 0 Å². The average molecular weight is 588 g/mol. The molecule has 0 radical (unpaired) electrons. The number of benzene rings is 4. The minimum Gasteiger partial charge on any atom is -0.506 e. The van der Waals surface area contributed by atoms with E-state index in [9.17, 15) is 9.90 Å². The summed E-state index contributed by atoms with van der Waals surface area (Å²) in [6.45, 7) is 0.613. The summed E-state index contributed by atoms with van der Waals surface area (Å²) >= 11 is 11.6. The van der Waals surface area contributed by atoms with Crippen molar-refractivity contribution in [1.29, 1.82) is 0 Å². The Bertz CT molecular complexity index is 1640. The van der Waals surface area contributed by atoms with Crippen molar-refractivity contribution < 1.29 is 19.4 Å². The second kappa shape index (κ2) is 13.0. The molecule has 206 valence electrons. The number of rotatable bonds is 10. The van der Waals surface area contributed by atoms with Crippen LogP contribution in [0.25, 0.3) is 0 Å². The molecule has 0 saturated heterocycles. The number of anilines is 3. The van der Waals surface area contributed by atoms with Gasteiger partial charge in [-0.2, -0.15) is 15.0 Å². The van der Waals surface area contributed by atoms with Gasteiger partial charge in [-0.25, -0.2) is 0 Å². The van der Waals surface area contributed by atoms with E-state index in [0.29, 0.717) is 23.8 Å². The van der Waals surface area contributed by atoms with E-state index in [0.717, 1.165) is 11.1 Å². The summed E-state index contributed by atoms with van der Waals surface area (Å²) in [5.41, 5.74) is 2.84. The lowest BCUT2D eigenvalue weighted by atomic mass is 10.1. The second-order valence-electron chi connectivity index (χ2n) is 8.71. The van der Waals surface area contributed by atoms with E-state index in [4.69, 9.17) is 32.7 Å². The van der Waals surface area contributed by atoms with Crippen LogP contribution < -0.4 is 20.1 Å². The maximum Gasteiger partial charge on any atom is 0.259 e. The summed E-state index contributed by atoms with van der Waals surface area (Å²) < 4.78 is 12.0. The van der Waals surface area contributed by atoms with Gasteiger partial charge < -0.3 is 25.2 Å².